The average Bonchev–Trinajstić information content (AvgIpc) is 2.49. The molecule has 2 aromatic rings. The fraction of sp³-hybridized carbons (Fsp3) is 0.0714. The SMILES string of the molecule is O=C(COc1ccc([N+](=O)[O-])cc1)Nc1c(F)cccc1F. The molecule has 2 rings (SSSR count). The molecule has 1 N–H and O–H groups in total. The van der Waals surface area contributed by atoms with Crippen molar-refractivity contribution in [1.82, 2.24) is 0 Å². The minimum atomic E-state index is -0.899. The number of amides is 1. The summed E-state index contributed by atoms with van der Waals surface area (Å²) in [5, 5.41) is 12.5. The Kier molecular flexibility index (Phi) is 4.62. The van der Waals surface area contributed by atoms with Crippen molar-refractivity contribution in [2.75, 3.05) is 11.9 Å². The molecular formula is C14H10F2N2O4. The molecule has 2 aromatic carbocycles. The number of para-hydroxylation sites is 1. The topological polar surface area (TPSA) is 81.5 Å². The maximum absolute atomic E-state index is 13.3. The van der Waals surface area contributed by atoms with Crippen LogP contribution >= 0.6 is 0 Å². The van der Waals surface area contributed by atoms with Gasteiger partial charge in [0.25, 0.3) is 11.6 Å². The molecule has 0 radical (unpaired) electrons. The zero-order valence-electron chi connectivity index (χ0n) is 11.1. The van der Waals surface area contributed by atoms with Gasteiger partial charge in [0.1, 0.15) is 23.1 Å². The summed E-state index contributed by atoms with van der Waals surface area (Å²) in [5.74, 6) is -2.34. The van der Waals surface area contributed by atoms with Gasteiger partial charge in [0, 0.05) is 12.1 Å². The van der Waals surface area contributed by atoms with E-state index in [1.807, 2.05) is 0 Å². The maximum atomic E-state index is 13.3. The van der Waals surface area contributed by atoms with Crippen LogP contribution in [0, 0.1) is 21.7 Å². The first kappa shape index (κ1) is 15.4. The van der Waals surface area contributed by atoms with Gasteiger partial charge in [0.2, 0.25) is 0 Å². The number of nitro groups is 1. The van der Waals surface area contributed by atoms with Crippen molar-refractivity contribution in [1.29, 1.82) is 0 Å². The number of benzene rings is 2. The molecule has 114 valence electrons. The fourth-order valence-corrected chi connectivity index (χ4v) is 1.61. The predicted molar refractivity (Wildman–Crippen MR) is 73.6 cm³/mol. The Labute approximate surface area is 123 Å². The molecule has 0 aromatic heterocycles. The number of anilines is 1. The number of nitrogens with one attached hydrogen (secondary N) is 1. The van der Waals surface area contributed by atoms with Gasteiger partial charge >= 0.3 is 0 Å². The molecule has 1 amide bonds. The Morgan fingerprint density at radius 2 is 1.73 bits per heavy atom. The highest BCUT2D eigenvalue weighted by Crippen LogP contribution is 2.19. The summed E-state index contributed by atoms with van der Waals surface area (Å²) in [6.07, 6.45) is 0. The van der Waals surface area contributed by atoms with Crippen molar-refractivity contribution in [3.63, 3.8) is 0 Å². The zero-order chi connectivity index (χ0) is 16.1. The van der Waals surface area contributed by atoms with Crippen LogP contribution in [0.5, 0.6) is 5.75 Å². The molecule has 0 spiro atoms. The minimum Gasteiger partial charge on any atom is -0.484 e. The van der Waals surface area contributed by atoms with Gasteiger partial charge in [-0.3, -0.25) is 14.9 Å². The van der Waals surface area contributed by atoms with Gasteiger partial charge in [-0.15, -0.1) is 0 Å². The van der Waals surface area contributed by atoms with Gasteiger partial charge in [-0.2, -0.15) is 0 Å². The standard InChI is InChI=1S/C14H10F2N2O4/c15-11-2-1-3-12(16)14(11)17-13(19)8-22-10-6-4-9(5-7-10)18(20)21/h1-7H,8H2,(H,17,19). The molecule has 0 saturated heterocycles. The van der Waals surface area contributed by atoms with Gasteiger partial charge in [-0.1, -0.05) is 6.07 Å². The van der Waals surface area contributed by atoms with E-state index in [0.29, 0.717) is 0 Å². The van der Waals surface area contributed by atoms with Gasteiger partial charge in [-0.25, -0.2) is 8.78 Å². The Balaban J connectivity index is 1.94. The molecule has 0 aliphatic carbocycles. The summed E-state index contributed by atoms with van der Waals surface area (Å²) in [6.45, 7) is -0.494. The summed E-state index contributed by atoms with van der Waals surface area (Å²) < 4.78 is 31.7. The number of hydrogen-bond donors (Lipinski definition) is 1. The zero-order valence-corrected chi connectivity index (χ0v) is 11.1. The van der Waals surface area contributed by atoms with E-state index in [4.69, 9.17) is 4.74 Å². The van der Waals surface area contributed by atoms with E-state index in [1.165, 1.54) is 30.3 Å². The van der Waals surface area contributed by atoms with E-state index in [1.54, 1.807) is 0 Å². The van der Waals surface area contributed by atoms with Crippen LogP contribution in [0.25, 0.3) is 0 Å². The minimum absolute atomic E-state index is 0.120. The van der Waals surface area contributed by atoms with Crippen molar-refractivity contribution in [2.45, 2.75) is 0 Å². The highest BCUT2D eigenvalue weighted by atomic mass is 19.1. The molecular weight excluding hydrogens is 298 g/mol. The second-order valence-corrected chi connectivity index (χ2v) is 4.18. The number of hydrogen-bond acceptors (Lipinski definition) is 4. The van der Waals surface area contributed by atoms with E-state index in [2.05, 4.69) is 5.32 Å². The maximum Gasteiger partial charge on any atom is 0.269 e. The molecule has 0 aliphatic heterocycles. The summed E-state index contributed by atoms with van der Waals surface area (Å²) in [5.41, 5.74) is -0.676. The number of rotatable bonds is 5. The van der Waals surface area contributed by atoms with Crippen LogP contribution in [0.4, 0.5) is 20.2 Å². The van der Waals surface area contributed by atoms with Crippen molar-refractivity contribution < 1.29 is 23.2 Å². The van der Waals surface area contributed by atoms with E-state index in [9.17, 15) is 23.7 Å². The lowest BCUT2D eigenvalue weighted by Gasteiger charge is -2.08. The second kappa shape index (κ2) is 6.61. The van der Waals surface area contributed by atoms with Gasteiger partial charge < -0.3 is 10.1 Å². The summed E-state index contributed by atoms with van der Waals surface area (Å²) in [6, 6.07) is 8.25. The molecule has 0 aliphatic rings. The number of nitrogens with zero attached hydrogens (tertiary/aromatic N) is 1. The number of carbonyl (C=O) groups is 1. The van der Waals surface area contributed by atoms with E-state index >= 15 is 0 Å². The number of nitro benzene ring substituents is 1. The van der Waals surface area contributed by atoms with Crippen LogP contribution in [0.15, 0.2) is 42.5 Å². The van der Waals surface area contributed by atoms with Crippen molar-refractivity contribution in [2.24, 2.45) is 0 Å². The summed E-state index contributed by atoms with van der Waals surface area (Å²) in [4.78, 5) is 21.5. The smallest absolute Gasteiger partial charge is 0.269 e. The third-order valence-corrected chi connectivity index (χ3v) is 2.64. The lowest BCUT2D eigenvalue weighted by Crippen LogP contribution is -2.21. The fourth-order valence-electron chi connectivity index (χ4n) is 1.61. The van der Waals surface area contributed by atoms with Crippen LogP contribution in [-0.2, 0) is 4.79 Å². The van der Waals surface area contributed by atoms with E-state index in [-0.39, 0.29) is 11.4 Å². The largest absolute Gasteiger partial charge is 0.484 e. The Hall–Kier alpha value is -3.03. The van der Waals surface area contributed by atoms with E-state index in [0.717, 1.165) is 12.1 Å². The third-order valence-electron chi connectivity index (χ3n) is 2.64. The van der Waals surface area contributed by atoms with Gasteiger partial charge in [-0.05, 0) is 24.3 Å². The lowest BCUT2D eigenvalue weighted by molar-refractivity contribution is -0.384. The van der Waals surface area contributed by atoms with Crippen molar-refractivity contribution >= 4 is 17.3 Å². The molecule has 6 nitrogen and oxygen atoms in total. The number of non-ortho nitro benzene ring substituents is 1. The first-order chi connectivity index (χ1) is 10.5. The Morgan fingerprint density at radius 3 is 2.27 bits per heavy atom. The summed E-state index contributed by atoms with van der Waals surface area (Å²) >= 11 is 0. The number of halogens is 2. The lowest BCUT2D eigenvalue weighted by atomic mass is 10.3. The number of ether oxygens (including phenoxy) is 1. The van der Waals surface area contributed by atoms with Gasteiger partial charge in [0.05, 0.1) is 4.92 Å². The second-order valence-electron chi connectivity index (χ2n) is 4.18. The molecule has 8 heteroatoms. The van der Waals surface area contributed by atoms with Crippen LogP contribution in [0.1, 0.15) is 0 Å². The van der Waals surface area contributed by atoms with Crippen LogP contribution in [0.2, 0.25) is 0 Å². The molecule has 0 atom stereocenters. The van der Waals surface area contributed by atoms with Crippen molar-refractivity contribution in [3.8, 4) is 5.75 Å². The normalized spacial score (nSPS) is 10.1. The van der Waals surface area contributed by atoms with Crippen LogP contribution in [-0.4, -0.2) is 17.4 Å². The Morgan fingerprint density at radius 1 is 1.14 bits per heavy atom. The quantitative estimate of drug-likeness (QED) is 0.680. The van der Waals surface area contributed by atoms with E-state index < -0.39 is 34.8 Å². The first-order valence-electron chi connectivity index (χ1n) is 6.08. The van der Waals surface area contributed by atoms with Gasteiger partial charge in [0.15, 0.2) is 6.61 Å². The highest BCUT2D eigenvalue weighted by Gasteiger charge is 2.12. The molecule has 0 bridgehead atoms. The van der Waals surface area contributed by atoms with Crippen molar-refractivity contribution in [3.05, 3.63) is 64.2 Å². The first-order valence-corrected chi connectivity index (χ1v) is 6.08. The summed E-state index contributed by atoms with van der Waals surface area (Å²) in [7, 11) is 0. The van der Waals surface area contributed by atoms with Crippen LogP contribution in [0.3, 0.4) is 0 Å². The molecule has 0 unspecified atom stereocenters. The molecule has 0 saturated carbocycles. The monoisotopic (exact) mass is 308 g/mol. The average molecular weight is 308 g/mol. The molecule has 22 heavy (non-hydrogen) atoms. The predicted octanol–water partition coefficient (Wildman–Crippen LogP) is 2.89. The molecule has 0 heterocycles. The van der Waals surface area contributed by atoms with Crippen LogP contribution < -0.4 is 10.1 Å². The molecule has 0 fully saturated rings. The highest BCUT2D eigenvalue weighted by molar-refractivity contribution is 5.92. The number of carbonyl (C=O) groups excluding carboxylic acids is 1. The third kappa shape index (κ3) is 3.75. The Bertz CT molecular complexity index is 684.